The molecule has 0 fully saturated rings. The number of aliphatic carboxylic acids is 1. The third-order valence-corrected chi connectivity index (χ3v) is 3.09. The normalized spacial score (nSPS) is 12.9. The van der Waals surface area contributed by atoms with Gasteiger partial charge in [-0.3, -0.25) is 0 Å². The van der Waals surface area contributed by atoms with E-state index in [1.807, 2.05) is 20.1 Å². The summed E-state index contributed by atoms with van der Waals surface area (Å²) in [6, 6.07) is -1.35. The monoisotopic (exact) mass is 278 g/mol. The summed E-state index contributed by atoms with van der Waals surface area (Å²) >= 11 is 1.54. The van der Waals surface area contributed by atoms with Crippen LogP contribution in [0.25, 0.3) is 0 Å². The van der Waals surface area contributed by atoms with E-state index in [1.165, 1.54) is 0 Å². The molecule has 0 saturated heterocycles. The van der Waals surface area contributed by atoms with Gasteiger partial charge in [0, 0.05) is 13.7 Å². The number of thioether (sulfide) groups is 1. The number of carboxylic acids is 1. The molecule has 18 heavy (non-hydrogen) atoms. The molecular formula is C11H22N2O4S. The Labute approximate surface area is 112 Å². The number of hydrogen-bond acceptors (Lipinski definition) is 4. The predicted octanol–water partition coefficient (Wildman–Crippen LogP) is 0.917. The van der Waals surface area contributed by atoms with Gasteiger partial charge in [-0.25, -0.2) is 9.59 Å². The Morgan fingerprint density at radius 3 is 2.50 bits per heavy atom. The zero-order valence-electron chi connectivity index (χ0n) is 11.3. The van der Waals surface area contributed by atoms with Crippen LogP contribution in [0.5, 0.6) is 0 Å². The lowest BCUT2D eigenvalue weighted by Crippen LogP contribution is -2.49. The summed E-state index contributed by atoms with van der Waals surface area (Å²) in [6.07, 6.45) is 2.29. The van der Waals surface area contributed by atoms with Crippen LogP contribution in [0.3, 0.4) is 0 Å². The van der Waals surface area contributed by atoms with Gasteiger partial charge in [0.05, 0.1) is 5.60 Å². The third kappa shape index (κ3) is 7.39. The van der Waals surface area contributed by atoms with Crippen LogP contribution < -0.4 is 10.6 Å². The van der Waals surface area contributed by atoms with Crippen molar-refractivity contribution in [2.75, 3.05) is 25.7 Å². The highest BCUT2D eigenvalue weighted by atomic mass is 32.2. The van der Waals surface area contributed by atoms with Gasteiger partial charge in [0.1, 0.15) is 6.04 Å². The Bertz CT molecular complexity index is 284. The number of carbonyl (C=O) groups is 2. The molecule has 0 aromatic rings. The first-order valence-electron chi connectivity index (χ1n) is 5.63. The Hall–Kier alpha value is -0.950. The van der Waals surface area contributed by atoms with Crippen LogP contribution >= 0.6 is 11.8 Å². The Morgan fingerprint density at radius 1 is 1.44 bits per heavy atom. The highest BCUT2D eigenvalue weighted by Gasteiger charge is 2.21. The zero-order valence-corrected chi connectivity index (χ0v) is 12.1. The van der Waals surface area contributed by atoms with E-state index >= 15 is 0 Å². The number of carboxylic acid groups (broad SMARTS) is 1. The number of hydrogen-bond donors (Lipinski definition) is 3. The van der Waals surface area contributed by atoms with E-state index in [0.717, 1.165) is 0 Å². The maximum absolute atomic E-state index is 11.5. The number of carbonyl (C=O) groups excluding carboxylic acids is 1. The van der Waals surface area contributed by atoms with Crippen molar-refractivity contribution in [2.24, 2.45) is 0 Å². The topological polar surface area (TPSA) is 87.7 Å². The molecule has 7 heteroatoms. The molecule has 0 aliphatic carbocycles. The van der Waals surface area contributed by atoms with E-state index < -0.39 is 23.6 Å². The summed E-state index contributed by atoms with van der Waals surface area (Å²) in [4.78, 5) is 22.5. The molecule has 0 aromatic carbocycles. The Morgan fingerprint density at radius 2 is 2.06 bits per heavy atom. The molecule has 106 valence electrons. The fourth-order valence-corrected chi connectivity index (χ4v) is 1.54. The molecule has 0 rings (SSSR count). The summed E-state index contributed by atoms with van der Waals surface area (Å²) in [7, 11) is 1.55. The second kappa shape index (κ2) is 8.20. The lowest BCUT2D eigenvalue weighted by molar-refractivity contribution is -0.139. The molecule has 0 aliphatic heterocycles. The van der Waals surface area contributed by atoms with Crippen LogP contribution in [-0.4, -0.2) is 54.4 Å². The largest absolute Gasteiger partial charge is 0.480 e. The smallest absolute Gasteiger partial charge is 0.326 e. The van der Waals surface area contributed by atoms with E-state index in [4.69, 9.17) is 9.84 Å². The lowest BCUT2D eigenvalue weighted by Gasteiger charge is -2.23. The average Bonchev–Trinajstić information content (AvgIpc) is 2.31. The van der Waals surface area contributed by atoms with Gasteiger partial charge in [0.2, 0.25) is 0 Å². The lowest BCUT2D eigenvalue weighted by atomic mass is 10.1. The van der Waals surface area contributed by atoms with Crippen LogP contribution in [0.2, 0.25) is 0 Å². The molecule has 0 bridgehead atoms. The maximum atomic E-state index is 11.5. The first-order chi connectivity index (χ1) is 8.32. The van der Waals surface area contributed by atoms with E-state index in [2.05, 4.69) is 10.6 Å². The molecule has 0 spiro atoms. The van der Waals surface area contributed by atoms with Gasteiger partial charge in [0.15, 0.2) is 0 Å². The van der Waals surface area contributed by atoms with Crippen molar-refractivity contribution in [2.45, 2.75) is 31.9 Å². The molecule has 3 N–H and O–H groups in total. The number of nitrogens with one attached hydrogen (secondary N) is 2. The SMILES string of the molecule is COC(C)(C)CNC(=O)NC(CCSC)C(=O)O. The van der Waals surface area contributed by atoms with Gasteiger partial charge in [-0.1, -0.05) is 0 Å². The molecule has 0 aromatic heterocycles. The summed E-state index contributed by atoms with van der Waals surface area (Å²) in [5.74, 6) is -0.342. The van der Waals surface area contributed by atoms with Gasteiger partial charge in [-0.2, -0.15) is 11.8 Å². The number of amides is 2. The van der Waals surface area contributed by atoms with Crippen LogP contribution in [0.4, 0.5) is 4.79 Å². The molecular weight excluding hydrogens is 256 g/mol. The minimum Gasteiger partial charge on any atom is -0.480 e. The average molecular weight is 278 g/mol. The van der Waals surface area contributed by atoms with Gasteiger partial charge in [0.25, 0.3) is 0 Å². The number of ether oxygens (including phenoxy) is 1. The molecule has 1 atom stereocenters. The highest BCUT2D eigenvalue weighted by molar-refractivity contribution is 7.98. The minimum atomic E-state index is -1.02. The number of urea groups is 1. The summed E-state index contributed by atoms with van der Waals surface area (Å²) in [5.41, 5.74) is -0.477. The van der Waals surface area contributed by atoms with Gasteiger partial charge in [-0.05, 0) is 32.3 Å². The van der Waals surface area contributed by atoms with Crippen molar-refractivity contribution >= 4 is 23.8 Å². The fourth-order valence-electron chi connectivity index (χ4n) is 1.07. The van der Waals surface area contributed by atoms with Gasteiger partial charge < -0.3 is 20.5 Å². The van der Waals surface area contributed by atoms with E-state index in [0.29, 0.717) is 18.7 Å². The summed E-state index contributed by atoms with van der Waals surface area (Å²) < 4.78 is 5.14. The Balaban J connectivity index is 4.14. The molecule has 1 unspecified atom stereocenters. The molecule has 0 saturated carbocycles. The van der Waals surface area contributed by atoms with Crippen molar-refractivity contribution in [1.82, 2.24) is 10.6 Å². The first-order valence-corrected chi connectivity index (χ1v) is 7.03. The van der Waals surface area contributed by atoms with E-state index in [-0.39, 0.29) is 0 Å². The van der Waals surface area contributed by atoms with Crippen LogP contribution in [0, 0.1) is 0 Å². The van der Waals surface area contributed by atoms with Gasteiger partial charge >= 0.3 is 12.0 Å². The van der Waals surface area contributed by atoms with Crippen molar-refractivity contribution in [3.05, 3.63) is 0 Å². The summed E-state index contributed by atoms with van der Waals surface area (Å²) in [6.45, 7) is 3.97. The maximum Gasteiger partial charge on any atom is 0.326 e. The van der Waals surface area contributed by atoms with Crippen molar-refractivity contribution in [3.8, 4) is 0 Å². The van der Waals surface area contributed by atoms with Crippen LogP contribution in [-0.2, 0) is 9.53 Å². The number of methoxy groups -OCH3 is 1. The summed E-state index contributed by atoms with van der Waals surface area (Å²) in [5, 5.41) is 14.0. The number of rotatable bonds is 8. The molecule has 6 nitrogen and oxygen atoms in total. The van der Waals surface area contributed by atoms with E-state index in [1.54, 1.807) is 18.9 Å². The predicted molar refractivity (Wildman–Crippen MR) is 72.0 cm³/mol. The minimum absolute atomic E-state index is 0.310. The second-order valence-corrected chi connectivity index (χ2v) is 5.45. The first kappa shape index (κ1) is 17.1. The standard InChI is InChI=1S/C11H22N2O4S/c1-11(2,17-3)7-12-10(16)13-8(9(14)15)5-6-18-4/h8H,5-7H2,1-4H3,(H,14,15)(H2,12,13,16). The molecule has 0 heterocycles. The van der Waals surface area contributed by atoms with Gasteiger partial charge in [-0.15, -0.1) is 0 Å². The van der Waals surface area contributed by atoms with E-state index in [9.17, 15) is 9.59 Å². The van der Waals surface area contributed by atoms with Crippen molar-refractivity contribution in [1.29, 1.82) is 0 Å². The zero-order chi connectivity index (χ0) is 14.2. The van der Waals surface area contributed by atoms with Crippen molar-refractivity contribution in [3.63, 3.8) is 0 Å². The molecule has 0 radical (unpaired) electrons. The molecule has 0 aliphatic rings. The Kier molecular flexibility index (Phi) is 7.77. The molecule has 2 amide bonds. The van der Waals surface area contributed by atoms with Crippen molar-refractivity contribution < 1.29 is 19.4 Å². The third-order valence-electron chi connectivity index (χ3n) is 2.44. The van der Waals surface area contributed by atoms with Crippen LogP contribution in [0.15, 0.2) is 0 Å². The quantitative estimate of drug-likeness (QED) is 0.614. The highest BCUT2D eigenvalue weighted by Crippen LogP contribution is 2.05. The second-order valence-electron chi connectivity index (χ2n) is 4.46. The fraction of sp³-hybridized carbons (Fsp3) is 0.818. The van der Waals surface area contributed by atoms with Crippen LogP contribution in [0.1, 0.15) is 20.3 Å².